The summed E-state index contributed by atoms with van der Waals surface area (Å²) in [6, 6.07) is 10.4. The lowest BCUT2D eigenvalue weighted by Gasteiger charge is -2.32. The van der Waals surface area contributed by atoms with E-state index in [4.69, 9.17) is 0 Å². The molecule has 1 aromatic carbocycles. The molecular formula is C26H31N3O2. The molecule has 0 saturated carbocycles. The molecular weight excluding hydrogens is 386 g/mol. The van der Waals surface area contributed by atoms with E-state index in [9.17, 15) is 9.59 Å². The van der Waals surface area contributed by atoms with Crippen LogP contribution in [0, 0.1) is 23.7 Å². The molecule has 2 heterocycles. The number of rotatable bonds is 5. The molecule has 5 heteroatoms. The lowest BCUT2D eigenvalue weighted by Crippen LogP contribution is -2.46. The van der Waals surface area contributed by atoms with E-state index in [-0.39, 0.29) is 30.2 Å². The fourth-order valence-electron chi connectivity index (χ4n) is 4.60. The molecule has 162 valence electrons. The zero-order chi connectivity index (χ0) is 21.6. The molecule has 0 unspecified atom stereocenters. The van der Waals surface area contributed by atoms with Crippen LogP contribution in [0.15, 0.2) is 48.1 Å². The first-order valence-electron chi connectivity index (χ1n) is 11.2. The van der Waals surface area contributed by atoms with Gasteiger partial charge in [-0.05, 0) is 25.3 Å². The van der Waals surface area contributed by atoms with Gasteiger partial charge in [-0.25, -0.2) is 0 Å². The standard InChI is InChI=1S/C26H31N3O2/c1-21-11-12-23-24(20-21)26(31)29(25(23)30)15-6-5-13-27-16-18-28(19-17-27)14-7-10-22-8-3-2-4-9-22/h2-4,7-11,23-24H,12-20H2,1H3/b10-7+/t23-,24-/m0/s1. The number of carbonyl (C=O) groups excluding carboxylic acids is 2. The van der Waals surface area contributed by atoms with E-state index in [1.54, 1.807) is 0 Å². The second kappa shape index (κ2) is 10.1. The SMILES string of the molecule is CC1=CC[C@@H]2C(=O)N(CC#CCN3CCN(C/C=C/c4ccccc4)CC3)C(=O)[C@H]2C1. The van der Waals surface area contributed by atoms with Crippen molar-refractivity contribution in [3.8, 4) is 11.8 Å². The number of benzene rings is 1. The Kier molecular flexibility index (Phi) is 7.01. The highest BCUT2D eigenvalue weighted by Gasteiger charge is 2.47. The van der Waals surface area contributed by atoms with E-state index < -0.39 is 0 Å². The summed E-state index contributed by atoms with van der Waals surface area (Å²) < 4.78 is 0. The molecule has 0 radical (unpaired) electrons. The van der Waals surface area contributed by atoms with E-state index >= 15 is 0 Å². The van der Waals surface area contributed by atoms with Gasteiger partial charge in [0.05, 0.1) is 24.9 Å². The number of nitrogens with zero attached hydrogens (tertiary/aromatic N) is 3. The van der Waals surface area contributed by atoms with Gasteiger partial charge in [0, 0.05) is 32.7 Å². The molecule has 0 aromatic heterocycles. The molecule has 1 aromatic rings. The third-order valence-electron chi connectivity index (χ3n) is 6.52. The van der Waals surface area contributed by atoms with E-state index in [0.717, 1.165) is 32.7 Å². The van der Waals surface area contributed by atoms with Gasteiger partial charge < -0.3 is 0 Å². The summed E-state index contributed by atoms with van der Waals surface area (Å²) in [6.45, 7) is 7.96. The van der Waals surface area contributed by atoms with Gasteiger partial charge in [-0.3, -0.25) is 24.3 Å². The van der Waals surface area contributed by atoms with Crippen LogP contribution in [0.5, 0.6) is 0 Å². The van der Waals surface area contributed by atoms with Crippen LogP contribution in [0.3, 0.4) is 0 Å². The molecule has 0 bridgehead atoms. The maximum absolute atomic E-state index is 12.6. The highest BCUT2D eigenvalue weighted by Crippen LogP contribution is 2.37. The van der Waals surface area contributed by atoms with E-state index in [0.29, 0.717) is 19.4 Å². The number of piperazine rings is 1. The number of likely N-dealkylation sites (tertiary alicyclic amines) is 1. The van der Waals surface area contributed by atoms with Crippen LogP contribution in [-0.4, -0.2) is 72.3 Å². The van der Waals surface area contributed by atoms with Gasteiger partial charge in [-0.2, -0.15) is 0 Å². The number of amides is 2. The Balaban J connectivity index is 1.18. The van der Waals surface area contributed by atoms with E-state index in [1.807, 2.05) is 13.0 Å². The largest absolute Gasteiger partial charge is 0.297 e. The highest BCUT2D eigenvalue weighted by atomic mass is 16.2. The Bertz CT molecular complexity index is 917. The average molecular weight is 418 g/mol. The van der Waals surface area contributed by atoms with Gasteiger partial charge in [0.2, 0.25) is 11.8 Å². The Labute approximate surface area is 185 Å². The zero-order valence-corrected chi connectivity index (χ0v) is 18.3. The lowest BCUT2D eigenvalue weighted by atomic mass is 9.82. The molecule has 0 N–H and O–H groups in total. The van der Waals surface area contributed by atoms with Gasteiger partial charge in [0.1, 0.15) is 0 Å². The Morgan fingerprint density at radius 3 is 2.39 bits per heavy atom. The normalized spacial score (nSPS) is 24.8. The Morgan fingerprint density at radius 1 is 0.935 bits per heavy atom. The molecule has 1 aliphatic carbocycles. The Hall–Kier alpha value is -2.68. The summed E-state index contributed by atoms with van der Waals surface area (Å²) in [7, 11) is 0. The van der Waals surface area contributed by atoms with Crippen LogP contribution in [0.1, 0.15) is 25.3 Å². The van der Waals surface area contributed by atoms with Crippen LogP contribution < -0.4 is 0 Å². The molecule has 2 saturated heterocycles. The van der Waals surface area contributed by atoms with Crippen LogP contribution in [0.4, 0.5) is 0 Å². The van der Waals surface area contributed by atoms with Gasteiger partial charge in [-0.15, -0.1) is 0 Å². The van der Waals surface area contributed by atoms with Crippen molar-refractivity contribution in [2.45, 2.75) is 19.8 Å². The van der Waals surface area contributed by atoms with E-state index in [1.165, 1.54) is 16.0 Å². The van der Waals surface area contributed by atoms with Crippen molar-refractivity contribution in [3.05, 3.63) is 53.6 Å². The molecule has 4 rings (SSSR count). The maximum atomic E-state index is 12.6. The molecule has 31 heavy (non-hydrogen) atoms. The highest BCUT2D eigenvalue weighted by molar-refractivity contribution is 6.05. The first-order chi connectivity index (χ1) is 15.1. The third-order valence-corrected chi connectivity index (χ3v) is 6.52. The van der Waals surface area contributed by atoms with Crippen LogP contribution >= 0.6 is 0 Å². The van der Waals surface area contributed by atoms with E-state index in [2.05, 4.69) is 64.1 Å². The molecule has 2 aliphatic heterocycles. The predicted octanol–water partition coefficient (Wildman–Crippen LogP) is 2.66. The van der Waals surface area contributed by atoms with Gasteiger partial charge in [0.15, 0.2) is 0 Å². The summed E-state index contributed by atoms with van der Waals surface area (Å²) in [5.74, 6) is 5.85. The molecule has 3 aliphatic rings. The van der Waals surface area contributed by atoms with Gasteiger partial charge in [-0.1, -0.05) is 66.0 Å². The summed E-state index contributed by atoms with van der Waals surface area (Å²) in [5.41, 5.74) is 2.45. The first-order valence-corrected chi connectivity index (χ1v) is 11.2. The topological polar surface area (TPSA) is 43.9 Å². The summed E-state index contributed by atoms with van der Waals surface area (Å²) >= 11 is 0. The Morgan fingerprint density at radius 2 is 1.61 bits per heavy atom. The van der Waals surface area contributed by atoms with Gasteiger partial charge in [0.25, 0.3) is 0 Å². The molecule has 2 atom stereocenters. The zero-order valence-electron chi connectivity index (χ0n) is 18.3. The van der Waals surface area contributed by atoms with Crippen molar-refractivity contribution in [2.75, 3.05) is 45.8 Å². The minimum atomic E-state index is -0.165. The van der Waals surface area contributed by atoms with Crippen molar-refractivity contribution < 1.29 is 9.59 Å². The number of carbonyl (C=O) groups is 2. The predicted molar refractivity (Wildman–Crippen MR) is 123 cm³/mol. The van der Waals surface area contributed by atoms with Crippen LogP contribution in [-0.2, 0) is 9.59 Å². The number of allylic oxidation sites excluding steroid dienone is 2. The molecule has 5 nitrogen and oxygen atoms in total. The summed E-state index contributed by atoms with van der Waals surface area (Å²) in [5, 5.41) is 0. The van der Waals surface area contributed by atoms with Crippen LogP contribution in [0.2, 0.25) is 0 Å². The smallest absolute Gasteiger partial charge is 0.234 e. The fraction of sp³-hybridized carbons (Fsp3) is 0.462. The number of imide groups is 1. The van der Waals surface area contributed by atoms with Crippen molar-refractivity contribution in [1.29, 1.82) is 0 Å². The summed E-state index contributed by atoms with van der Waals surface area (Å²) in [6.07, 6.45) is 7.90. The number of hydrogen-bond acceptors (Lipinski definition) is 4. The third kappa shape index (κ3) is 5.33. The van der Waals surface area contributed by atoms with Crippen molar-refractivity contribution in [3.63, 3.8) is 0 Å². The fourth-order valence-corrected chi connectivity index (χ4v) is 4.60. The molecule has 0 spiro atoms. The van der Waals surface area contributed by atoms with Gasteiger partial charge >= 0.3 is 0 Å². The van der Waals surface area contributed by atoms with Crippen molar-refractivity contribution in [2.24, 2.45) is 11.8 Å². The molecule has 2 amide bonds. The molecule has 2 fully saturated rings. The summed E-state index contributed by atoms with van der Waals surface area (Å²) in [4.78, 5) is 31.3. The second-order valence-corrected chi connectivity index (χ2v) is 8.71. The maximum Gasteiger partial charge on any atom is 0.234 e. The average Bonchev–Trinajstić information content (AvgIpc) is 3.02. The number of fused-ring (bicyclic) bond motifs is 1. The van der Waals surface area contributed by atoms with Crippen LogP contribution in [0.25, 0.3) is 6.08 Å². The minimum Gasteiger partial charge on any atom is -0.297 e. The minimum absolute atomic E-state index is 0.0334. The van der Waals surface area contributed by atoms with Crippen molar-refractivity contribution >= 4 is 17.9 Å². The van der Waals surface area contributed by atoms with Crippen molar-refractivity contribution in [1.82, 2.24) is 14.7 Å². The quantitative estimate of drug-likeness (QED) is 0.420. The monoisotopic (exact) mass is 417 g/mol. The number of hydrogen-bond donors (Lipinski definition) is 0. The lowest BCUT2D eigenvalue weighted by molar-refractivity contribution is -0.139. The first kappa shape index (κ1) is 21.5. The second-order valence-electron chi connectivity index (χ2n) is 8.71.